The topological polar surface area (TPSA) is 99.7 Å². The van der Waals surface area contributed by atoms with E-state index in [2.05, 4.69) is 118 Å². The van der Waals surface area contributed by atoms with Crippen LogP contribution in [0.15, 0.2) is 138 Å². The van der Waals surface area contributed by atoms with Crippen molar-refractivity contribution in [3.8, 4) is 11.1 Å². The minimum absolute atomic E-state index is 0.252. The summed E-state index contributed by atoms with van der Waals surface area (Å²) < 4.78 is 0. The third kappa shape index (κ3) is 11.2. The highest BCUT2D eigenvalue weighted by Gasteiger charge is 2.21. The molecule has 0 saturated carbocycles. The molecule has 2 atom stereocenters. The van der Waals surface area contributed by atoms with Crippen LogP contribution in [-0.2, 0) is 6.54 Å². The number of anilines is 3. The van der Waals surface area contributed by atoms with Crippen molar-refractivity contribution in [1.82, 2.24) is 15.1 Å². The maximum atomic E-state index is 13.6. The zero-order chi connectivity index (χ0) is 39.4. The van der Waals surface area contributed by atoms with Gasteiger partial charge in [-0.25, -0.2) is 5.17 Å². The Labute approximate surface area is 341 Å². The molecule has 1 aliphatic rings. The summed E-state index contributed by atoms with van der Waals surface area (Å²) in [5.74, 6) is 1.29. The molecule has 1 heterocycles. The molecule has 6 rings (SSSR count). The lowest BCUT2D eigenvalue weighted by Crippen LogP contribution is -2.97. The molecule has 5 aromatic carbocycles. The molecule has 0 aliphatic carbocycles. The molecule has 5 N–H and O–H groups in total. The average molecular weight is 789 g/mol. The minimum atomic E-state index is -0.356. The molecule has 1 aliphatic heterocycles. The second-order valence-electron chi connectivity index (χ2n) is 14.4. The Balaban J connectivity index is 1.09. The number of nitrogens with two attached hydrogens (primary N) is 1. The third-order valence-electron chi connectivity index (χ3n) is 10.00. The van der Waals surface area contributed by atoms with Crippen molar-refractivity contribution in [2.45, 2.75) is 30.8 Å². The summed E-state index contributed by atoms with van der Waals surface area (Å²) in [6.07, 6.45) is 2.51. The second kappa shape index (κ2) is 19.9. The van der Waals surface area contributed by atoms with E-state index in [1.807, 2.05) is 67.2 Å². The van der Waals surface area contributed by atoms with E-state index in [0.29, 0.717) is 22.8 Å². The van der Waals surface area contributed by atoms with E-state index in [1.54, 1.807) is 0 Å². The molecule has 0 amide bonds. The minimum Gasteiger partial charge on any atom is -0.601 e. The van der Waals surface area contributed by atoms with Gasteiger partial charge in [-0.1, -0.05) is 77.9 Å². The number of hydrogen-bond acceptors (Lipinski definition) is 8. The lowest BCUT2D eigenvalue weighted by atomic mass is 9.99. The Hall–Kier alpha value is -4.81. The first-order chi connectivity index (χ1) is 27.2. The monoisotopic (exact) mass is 788 g/mol. The van der Waals surface area contributed by atoms with Crippen LogP contribution in [0.1, 0.15) is 23.1 Å². The number of hydrogen-bond donors (Lipinski definition) is 4. The lowest BCUT2D eigenvalue weighted by molar-refractivity contribution is -0.783. The Morgan fingerprint density at radius 3 is 2.39 bits per heavy atom. The fourth-order valence-corrected chi connectivity index (χ4v) is 7.99. The molecule has 292 valence electrons. The molecule has 0 bridgehead atoms. The van der Waals surface area contributed by atoms with E-state index >= 15 is 0 Å². The van der Waals surface area contributed by atoms with Gasteiger partial charge in [-0.15, -0.1) is 11.8 Å². The van der Waals surface area contributed by atoms with E-state index in [-0.39, 0.29) is 11.2 Å². The number of nitrogens with one attached hydrogen (secondary N) is 3. The summed E-state index contributed by atoms with van der Waals surface area (Å²) in [5.41, 5.74) is 15.1. The summed E-state index contributed by atoms with van der Waals surface area (Å²) in [6, 6.07) is 39.0. The van der Waals surface area contributed by atoms with Gasteiger partial charge >= 0.3 is 0 Å². The number of benzene rings is 5. The normalized spacial score (nSPS) is 14.8. The highest BCUT2D eigenvalue weighted by atomic mass is 35.5. The van der Waals surface area contributed by atoms with Crippen molar-refractivity contribution in [2.24, 2.45) is 5.10 Å². The van der Waals surface area contributed by atoms with Gasteiger partial charge in [0.1, 0.15) is 0 Å². The number of thioether (sulfide) groups is 1. The molecule has 0 radical (unpaired) electrons. The van der Waals surface area contributed by atoms with Crippen molar-refractivity contribution in [3.05, 3.63) is 155 Å². The quantitative estimate of drug-likeness (QED) is 0.0264. The number of aryl methyl sites for hydroxylation is 1. The van der Waals surface area contributed by atoms with Crippen LogP contribution in [0.3, 0.4) is 0 Å². The van der Waals surface area contributed by atoms with E-state index in [9.17, 15) is 5.21 Å². The van der Waals surface area contributed by atoms with Crippen molar-refractivity contribution >= 4 is 51.9 Å². The van der Waals surface area contributed by atoms with E-state index in [1.165, 1.54) is 27.8 Å². The first-order valence-electron chi connectivity index (χ1n) is 19.1. The standard InChI is InChI=1S/C45H53ClN8OS/c1-5-48-45(50-54(55)39-20-22-44(33(2)29-39)49-37(23-24-51(3)4)32-56-40-12-7-6-8-13-40)42-21-19-38(30-43(42)47)53-27-25-52(26-28-53)31-35-11-9-10-14-41(35)34-15-17-36(46)18-16-34/h5-22,29-30,37,49,54H,1,23-28,31-32,47H2,2-4H3,(H,48,50)/t37-/m1/s1. The number of nitrogens with zero attached hydrogens (tertiary/aromatic N) is 4. The van der Waals surface area contributed by atoms with Crippen molar-refractivity contribution < 1.29 is 5.17 Å². The van der Waals surface area contributed by atoms with E-state index in [0.717, 1.165) is 73.4 Å². The van der Waals surface area contributed by atoms with Gasteiger partial charge < -0.3 is 31.4 Å². The highest BCUT2D eigenvalue weighted by Crippen LogP contribution is 2.28. The Morgan fingerprint density at radius 2 is 1.70 bits per heavy atom. The zero-order valence-electron chi connectivity index (χ0n) is 32.5. The molecule has 1 saturated heterocycles. The van der Waals surface area contributed by atoms with Gasteiger partial charge in [-0.05, 0) is 111 Å². The van der Waals surface area contributed by atoms with Crippen molar-refractivity contribution in [1.29, 1.82) is 0 Å². The Kier molecular flexibility index (Phi) is 14.5. The fraction of sp³-hybridized carbons (Fsp3) is 0.267. The van der Waals surface area contributed by atoms with Gasteiger partial charge in [-0.2, -0.15) is 0 Å². The predicted octanol–water partition coefficient (Wildman–Crippen LogP) is 7.85. The van der Waals surface area contributed by atoms with Gasteiger partial charge in [0.05, 0.1) is 0 Å². The number of quaternary nitrogens is 1. The number of nitrogen functional groups attached to an aromatic ring is 1. The van der Waals surface area contributed by atoms with Crippen LogP contribution >= 0.6 is 23.4 Å². The van der Waals surface area contributed by atoms with Crippen LogP contribution < -0.4 is 26.4 Å². The summed E-state index contributed by atoms with van der Waals surface area (Å²) in [6.45, 7) is 11.3. The smallest absolute Gasteiger partial charge is 0.196 e. The average Bonchev–Trinajstić information content (AvgIpc) is 3.20. The van der Waals surface area contributed by atoms with Crippen molar-refractivity contribution in [3.63, 3.8) is 0 Å². The number of halogens is 1. The molecule has 5 aromatic rings. The summed E-state index contributed by atoms with van der Waals surface area (Å²) in [5, 5.41) is 25.3. The van der Waals surface area contributed by atoms with Crippen LogP contribution in [0.25, 0.3) is 11.1 Å². The number of rotatable bonds is 16. The first-order valence-corrected chi connectivity index (χ1v) is 20.4. The van der Waals surface area contributed by atoms with Gasteiger partial charge in [0.25, 0.3) is 0 Å². The van der Waals surface area contributed by atoms with Crippen molar-refractivity contribution in [2.75, 3.05) is 68.5 Å². The van der Waals surface area contributed by atoms with Gasteiger partial charge in [0.2, 0.25) is 0 Å². The maximum Gasteiger partial charge on any atom is 0.196 e. The molecular weight excluding hydrogens is 736 g/mol. The lowest BCUT2D eigenvalue weighted by Gasteiger charge is -2.36. The number of amidine groups is 1. The van der Waals surface area contributed by atoms with E-state index < -0.39 is 0 Å². The second-order valence-corrected chi connectivity index (χ2v) is 15.9. The molecule has 1 unspecified atom stereocenters. The molecular formula is C45H53ClN8OS. The predicted molar refractivity (Wildman–Crippen MR) is 238 cm³/mol. The maximum absolute atomic E-state index is 13.6. The summed E-state index contributed by atoms with van der Waals surface area (Å²) in [7, 11) is 4.19. The molecule has 11 heteroatoms. The number of piperazine rings is 1. The van der Waals surface area contributed by atoms with Crippen LogP contribution in [0, 0.1) is 12.1 Å². The van der Waals surface area contributed by atoms with Crippen LogP contribution in [-0.4, -0.2) is 74.2 Å². The summed E-state index contributed by atoms with van der Waals surface area (Å²) in [4.78, 5) is 8.30. The largest absolute Gasteiger partial charge is 0.601 e. The molecule has 1 fully saturated rings. The van der Waals surface area contributed by atoms with Crippen LogP contribution in [0.5, 0.6) is 0 Å². The summed E-state index contributed by atoms with van der Waals surface area (Å²) >= 11 is 8.00. The van der Waals surface area contributed by atoms with Crippen LogP contribution in [0.2, 0.25) is 5.02 Å². The SMILES string of the molecule is C=CNC(=N[NH+]([O-])c1ccc(N[C@H](CCN(C)C)CSc2ccccc2)c(C)c1)c1ccc(N2CCN(Cc3ccccc3-c3ccc(Cl)cc3)CC2)cc1N. The molecule has 56 heavy (non-hydrogen) atoms. The highest BCUT2D eigenvalue weighted by molar-refractivity contribution is 7.99. The zero-order valence-corrected chi connectivity index (χ0v) is 34.1. The molecule has 0 aromatic heterocycles. The third-order valence-corrected chi connectivity index (χ3v) is 11.4. The van der Waals surface area contributed by atoms with Gasteiger partial charge in [0.15, 0.2) is 11.5 Å². The Morgan fingerprint density at radius 1 is 0.964 bits per heavy atom. The molecule has 0 spiro atoms. The van der Waals surface area contributed by atoms with Crippen LogP contribution in [0.4, 0.5) is 22.7 Å². The first kappa shape index (κ1) is 40.8. The van der Waals surface area contributed by atoms with Gasteiger partial charge in [-0.3, -0.25) is 4.90 Å². The molecule has 9 nitrogen and oxygen atoms in total. The van der Waals surface area contributed by atoms with Gasteiger partial charge in [0, 0.05) is 89.2 Å². The Bertz CT molecular complexity index is 2070. The van der Waals surface area contributed by atoms with E-state index in [4.69, 9.17) is 17.3 Å². The fourth-order valence-electron chi connectivity index (χ4n) is 6.87.